The number of methoxy groups -OCH3 is 1. The minimum absolute atomic E-state index is 0.0248. The van der Waals surface area contributed by atoms with Crippen molar-refractivity contribution in [2.24, 2.45) is 0 Å². The molecule has 1 saturated heterocycles. The third-order valence-electron chi connectivity index (χ3n) is 4.60. The molecule has 2 atom stereocenters. The fourth-order valence-corrected chi connectivity index (χ4v) is 8.18. The third-order valence-corrected chi connectivity index (χ3v) is 8.77. The van der Waals surface area contributed by atoms with Gasteiger partial charge in [0.25, 0.3) is 0 Å². The Kier molecular flexibility index (Phi) is 5.55. The second-order valence-corrected chi connectivity index (χ2v) is 10.9. The maximum Gasteiger partial charge on any atom is 0.187 e. The van der Waals surface area contributed by atoms with Crippen LogP contribution in [0.5, 0.6) is 5.75 Å². The maximum absolute atomic E-state index is 13.3. The lowest BCUT2D eigenvalue weighted by Gasteiger charge is -2.21. The Balaban J connectivity index is 1.93. The van der Waals surface area contributed by atoms with Crippen LogP contribution in [0.4, 0.5) is 0 Å². The molecule has 1 aliphatic heterocycles. The first-order chi connectivity index (χ1) is 12.7. The van der Waals surface area contributed by atoms with Crippen molar-refractivity contribution in [2.45, 2.75) is 29.7 Å². The van der Waals surface area contributed by atoms with Crippen molar-refractivity contribution < 1.29 is 21.6 Å². The molecule has 27 heavy (non-hydrogen) atoms. The molecule has 1 aromatic heterocycles. The zero-order valence-corrected chi connectivity index (χ0v) is 16.8. The number of hydrogen-bond donors (Lipinski definition) is 1. The summed E-state index contributed by atoms with van der Waals surface area (Å²) < 4.78 is 56.2. The van der Waals surface area contributed by atoms with E-state index in [1.165, 1.54) is 13.2 Å². The van der Waals surface area contributed by atoms with Crippen LogP contribution in [0.25, 0.3) is 0 Å². The number of benzene rings is 1. The van der Waals surface area contributed by atoms with Gasteiger partial charge in [0.15, 0.2) is 19.7 Å². The second kappa shape index (κ2) is 7.57. The van der Waals surface area contributed by atoms with E-state index in [1.54, 1.807) is 37.4 Å². The van der Waals surface area contributed by atoms with Gasteiger partial charge in [-0.15, -0.1) is 0 Å². The van der Waals surface area contributed by atoms with Gasteiger partial charge in [0.2, 0.25) is 0 Å². The van der Waals surface area contributed by atoms with Crippen LogP contribution in [0.3, 0.4) is 0 Å². The summed E-state index contributed by atoms with van der Waals surface area (Å²) in [7, 11) is -5.99. The fraction of sp³-hybridized carbons (Fsp3) is 0.389. The Morgan fingerprint density at radius 3 is 2.67 bits per heavy atom. The van der Waals surface area contributed by atoms with Gasteiger partial charge < -0.3 is 10.1 Å². The smallest absolute Gasteiger partial charge is 0.187 e. The van der Waals surface area contributed by atoms with Gasteiger partial charge >= 0.3 is 0 Å². The zero-order chi connectivity index (χ0) is 19.7. The second-order valence-electron chi connectivity index (χ2n) is 6.62. The van der Waals surface area contributed by atoms with Crippen molar-refractivity contribution in [1.29, 1.82) is 0 Å². The molecular formula is C18H22N2O5S2. The van der Waals surface area contributed by atoms with Gasteiger partial charge in [0.05, 0.1) is 29.6 Å². The van der Waals surface area contributed by atoms with Gasteiger partial charge in [0, 0.05) is 18.8 Å². The summed E-state index contributed by atoms with van der Waals surface area (Å²) in [5.74, 6) is -0.419. The molecule has 3 rings (SSSR count). The molecule has 1 N–H and O–H groups in total. The molecule has 0 aliphatic carbocycles. The van der Waals surface area contributed by atoms with Gasteiger partial charge in [-0.05, 0) is 36.8 Å². The average Bonchev–Trinajstić information content (AvgIpc) is 2.96. The SMILES string of the molecule is COc1ccc(C)cc1S(=O)(=O)[C@H]1CS(=O)(=O)C[C@@H]1NCc1ccccn1. The van der Waals surface area contributed by atoms with Crippen molar-refractivity contribution in [1.82, 2.24) is 10.3 Å². The van der Waals surface area contributed by atoms with Gasteiger partial charge in [-0.2, -0.15) is 0 Å². The van der Waals surface area contributed by atoms with Crippen molar-refractivity contribution in [2.75, 3.05) is 18.6 Å². The molecule has 2 aromatic rings. The fourth-order valence-electron chi connectivity index (χ4n) is 3.22. The predicted molar refractivity (Wildman–Crippen MR) is 102 cm³/mol. The van der Waals surface area contributed by atoms with E-state index in [1.807, 2.05) is 6.07 Å². The normalized spacial score (nSPS) is 21.9. The summed E-state index contributed by atoms with van der Waals surface area (Å²) in [6.07, 6.45) is 1.63. The molecule has 7 nitrogen and oxygen atoms in total. The molecule has 9 heteroatoms. The van der Waals surface area contributed by atoms with E-state index in [9.17, 15) is 16.8 Å². The monoisotopic (exact) mass is 410 g/mol. The van der Waals surface area contributed by atoms with E-state index in [0.717, 1.165) is 5.56 Å². The predicted octanol–water partition coefficient (Wildman–Crippen LogP) is 1.13. The lowest BCUT2D eigenvalue weighted by molar-refractivity contribution is 0.402. The molecule has 1 fully saturated rings. The minimum Gasteiger partial charge on any atom is -0.495 e. The number of pyridine rings is 1. The lowest BCUT2D eigenvalue weighted by atomic mass is 10.2. The van der Waals surface area contributed by atoms with Crippen LogP contribution in [0.2, 0.25) is 0 Å². The molecule has 146 valence electrons. The molecule has 1 aromatic carbocycles. The van der Waals surface area contributed by atoms with Crippen LogP contribution in [-0.2, 0) is 26.2 Å². The first-order valence-electron chi connectivity index (χ1n) is 8.45. The molecule has 0 unspecified atom stereocenters. The van der Waals surface area contributed by atoms with E-state index in [0.29, 0.717) is 5.69 Å². The summed E-state index contributed by atoms with van der Waals surface area (Å²) >= 11 is 0. The number of hydrogen-bond acceptors (Lipinski definition) is 7. The first-order valence-corrected chi connectivity index (χ1v) is 11.8. The number of aryl methyl sites for hydroxylation is 1. The standard InChI is InChI=1S/C18H22N2O5S2/c1-13-6-7-16(25-2)17(9-13)27(23,24)18-12-26(21,22)11-15(18)20-10-14-5-3-4-8-19-14/h3-9,15,18,20H,10-12H2,1-2H3/t15-,18-/m0/s1. The molecule has 0 amide bonds. The highest BCUT2D eigenvalue weighted by atomic mass is 32.2. The van der Waals surface area contributed by atoms with Crippen molar-refractivity contribution in [3.63, 3.8) is 0 Å². The van der Waals surface area contributed by atoms with Crippen LogP contribution in [0.15, 0.2) is 47.5 Å². The molecule has 1 aliphatic rings. The van der Waals surface area contributed by atoms with Crippen molar-refractivity contribution in [3.8, 4) is 5.75 Å². The van der Waals surface area contributed by atoms with E-state index >= 15 is 0 Å². The Hall–Kier alpha value is -1.97. The van der Waals surface area contributed by atoms with Crippen LogP contribution in [0.1, 0.15) is 11.3 Å². The lowest BCUT2D eigenvalue weighted by Crippen LogP contribution is -2.43. The summed E-state index contributed by atoms with van der Waals surface area (Å²) in [6, 6.07) is 9.54. The maximum atomic E-state index is 13.3. The quantitative estimate of drug-likeness (QED) is 0.761. The molecular weight excluding hydrogens is 388 g/mol. The molecule has 2 heterocycles. The molecule has 0 saturated carbocycles. The van der Waals surface area contributed by atoms with Gasteiger partial charge in [0.1, 0.15) is 10.6 Å². The Labute approximate surface area is 159 Å². The summed E-state index contributed by atoms with van der Waals surface area (Å²) in [5.41, 5.74) is 1.47. The van der Waals surface area contributed by atoms with Crippen LogP contribution in [0, 0.1) is 6.92 Å². The number of nitrogens with zero attached hydrogens (tertiary/aromatic N) is 1. The highest BCUT2D eigenvalue weighted by Gasteiger charge is 2.46. The first kappa shape index (κ1) is 19.8. The highest BCUT2D eigenvalue weighted by molar-refractivity contribution is 7.96. The van der Waals surface area contributed by atoms with Crippen molar-refractivity contribution in [3.05, 3.63) is 53.9 Å². The summed E-state index contributed by atoms with van der Waals surface area (Å²) in [4.78, 5) is 4.20. The van der Waals surface area contributed by atoms with Gasteiger partial charge in [-0.3, -0.25) is 4.98 Å². The number of sulfone groups is 2. The third kappa shape index (κ3) is 4.31. The average molecular weight is 411 g/mol. The zero-order valence-electron chi connectivity index (χ0n) is 15.1. The van der Waals surface area contributed by atoms with Gasteiger partial charge in [-0.25, -0.2) is 16.8 Å². The minimum atomic E-state index is -3.92. The number of nitrogens with one attached hydrogen (secondary N) is 1. The Morgan fingerprint density at radius 2 is 2.00 bits per heavy atom. The Morgan fingerprint density at radius 1 is 1.22 bits per heavy atom. The van der Waals surface area contributed by atoms with E-state index in [4.69, 9.17) is 4.74 Å². The van der Waals surface area contributed by atoms with Gasteiger partial charge in [-0.1, -0.05) is 12.1 Å². The topological polar surface area (TPSA) is 102 Å². The van der Waals surface area contributed by atoms with Crippen molar-refractivity contribution >= 4 is 19.7 Å². The van der Waals surface area contributed by atoms with Crippen LogP contribution in [-0.4, -0.2) is 51.7 Å². The number of rotatable bonds is 6. The summed E-state index contributed by atoms with van der Waals surface area (Å²) in [5, 5.41) is 1.99. The molecule has 0 spiro atoms. The van der Waals surface area contributed by atoms with E-state index in [-0.39, 0.29) is 22.9 Å². The van der Waals surface area contributed by atoms with E-state index < -0.39 is 36.7 Å². The highest BCUT2D eigenvalue weighted by Crippen LogP contribution is 2.32. The molecule has 0 bridgehead atoms. The number of ether oxygens (including phenoxy) is 1. The Bertz CT molecular complexity index is 1020. The van der Waals surface area contributed by atoms with Crippen LogP contribution >= 0.6 is 0 Å². The van der Waals surface area contributed by atoms with E-state index in [2.05, 4.69) is 10.3 Å². The van der Waals surface area contributed by atoms with Crippen LogP contribution < -0.4 is 10.1 Å². The largest absolute Gasteiger partial charge is 0.495 e. The summed E-state index contributed by atoms with van der Waals surface area (Å²) in [6.45, 7) is 2.07. The number of aromatic nitrogens is 1. The molecule has 0 radical (unpaired) electrons.